The molecule has 0 amide bonds. The van der Waals surface area contributed by atoms with Gasteiger partial charge in [0.25, 0.3) is 0 Å². The standard InChI is InChI=1S/C13H21N3O3/c1-3-11-14-15-12(19-11)9-16-7-5-6-10(8-16)13(17)18-4-2/h10H,3-9H2,1-2H3. The van der Waals surface area contributed by atoms with Crippen molar-refractivity contribution in [3.05, 3.63) is 11.8 Å². The first-order chi connectivity index (χ1) is 9.22. The molecule has 1 fully saturated rings. The lowest BCUT2D eigenvalue weighted by Gasteiger charge is -2.30. The Balaban J connectivity index is 1.88. The van der Waals surface area contributed by atoms with Crippen molar-refractivity contribution in [1.82, 2.24) is 15.1 Å². The molecular formula is C13H21N3O3. The summed E-state index contributed by atoms with van der Waals surface area (Å²) in [6.45, 7) is 6.54. The maximum absolute atomic E-state index is 11.7. The van der Waals surface area contributed by atoms with Gasteiger partial charge in [0.2, 0.25) is 11.8 Å². The smallest absolute Gasteiger partial charge is 0.310 e. The van der Waals surface area contributed by atoms with Crippen molar-refractivity contribution in [3.63, 3.8) is 0 Å². The molecule has 0 aromatic carbocycles. The number of carbonyl (C=O) groups is 1. The molecule has 2 rings (SSSR count). The lowest BCUT2D eigenvalue weighted by Crippen LogP contribution is -2.39. The molecule has 6 nitrogen and oxygen atoms in total. The van der Waals surface area contributed by atoms with Crippen molar-refractivity contribution in [2.24, 2.45) is 5.92 Å². The number of esters is 1. The molecule has 1 saturated heterocycles. The summed E-state index contributed by atoms with van der Waals surface area (Å²) in [4.78, 5) is 13.9. The van der Waals surface area contributed by atoms with E-state index in [1.165, 1.54) is 0 Å². The molecule has 0 saturated carbocycles. The van der Waals surface area contributed by atoms with Gasteiger partial charge in [-0.1, -0.05) is 6.92 Å². The number of carbonyl (C=O) groups excluding carboxylic acids is 1. The molecule has 0 spiro atoms. The summed E-state index contributed by atoms with van der Waals surface area (Å²) in [6, 6.07) is 0. The zero-order valence-corrected chi connectivity index (χ0v) is 11.6. The number of nitrogens with zero attached hydrogens (tertiary/aromatic N) is 3. The fourth-order valence-corrected chi connectivity index (χ4v) is 2.34. The molecule has 1 aromatic rings. The van der Waals surface area contributed by atoms with Crippen LogP contribution in [0.15, 0.2) is 4.42 Å². The van der Waals surface area contributed by atoms with E-state index in [4.69, 9.17) is 9.15 Å². The third-order valence-corrected chi connectivity index (χ3v) is 3.30. The number of ether oxygens (including phenoxy) is 1. The van der Waals surface area contributed by atoms with Crippen LogP contribution < -0.4 is 0 Å². The second kappa shape index (κ2) is 6.65. The lowest BCUT2D eigenvalue weighted by atomic mass is 9.98. The molecular weight excluding hydrogens is 246 g/mol. The van der Waals surface area contributed by atoms with Gasteiger partial charge in [0.1, 0.15) is 0 Å². The summed E-state index contributed by atoms with van der Waals surface area (Å²) in [5.74, 6) is 1.17. The van der Waals surface area contributed by atoms with Gasteiger partial charge in [0.15, 0.2) is 0 Å². The van der Waals surface area contributed by atoms with Gasteiger partial charge in [0, 0.05) is 13.0 Å². The Morgan fingerprint density at radius 2 is 2.21 bits per heavy atom. The average Bonchev–Trinajstić information content (AvgIpc) is 2.87. The average molecular weight is 267 g/mol. The fourth-order valence-electron chi connectivity index (χ4n) is 2.34. The Bertz CT molecular complexity index is 419. The molecule has 0 radical (unpaired) electrons. The first kappa shape index (κ1) is 14.0. The first-order valence-electron chi connectivity index (χ1n) is 6.93. The van der Waals surface area contributed by atoms with E-state index >= 15 is 0 Å². The van der Waals surface area contributed by atoms with Crippen LogP contribution in [0.5, 0.6) is 0 Å². The monoisotopic (exact) mass is 267 g/mol. The molecule has 106 valence electrons. The largest absolute Gasteiger partial charge is 0.466 e. The van der Waals surface area contributed by atoms with Gasteiger partial charge in [-0.25, -0.2) is 0 Å². The van der Waals surface area contributed by atoms with Gasteiger partial charge < -0.3 is 9.15 Å². The van der Waals surface area contributed by atoms with Crippen LogP contribution in [0.4, 0.5) is 0 Å². The first-order valence-corrected chi connectivity index (χ1v) is 6.93. The molecule has 0 aliphatic carbocycles. The quantitative estimate of drug-likeness (QED) is 0.751. The highest BCUT2D eigenvalue weighted by molar-refractivity contribution is 5.72. The van der Waals surface area contributed by atoms with E-state index < -0.39 is 0 Å². The molecule has 6 heteroatoms. The number of hydrogen-bond acceptors (Lipinski definition) is 6. The maximum atomic E-state index is 11.7. The van der Waals surface area contributed by atoms with E-state index in [2.05, 4.69) is 15.1 Å². The maximum Gasteiger partial charge on any atom is 0.310 e. The van der Waals surface area contributed by atoms with Gasteiger partial charge in [-0.15, -0.1) is 10.2 Å². The fraction of sp³-hybridized carbons (Fsp3) is 0.769. The van der Waals surface area contributed by atoms with Crippen LogP contribution >= 0.6 is 0 Å². The normalized spacial score (nSPS) is 20.4. The third-order valence-electron chi connectivity index (χ3n) is 3.30. The highest BCUT2D eigenvalue weighted by Gasteiger charge is 2.27. The number of aromatic nitrogens is 2. The van der Waals surface area contributed by atoms with Crippen molar-refractivity contribution in [1.29, 1.82) is 0 Å². The SMILES string of the molecule is CCOC(=O)C1CCCN(Cc2nnc(CC)o2)C1. The van der Waals surface area contributed by atoms with Crippen LogP contribution in [-0.2, 0) is 22.5 Å². The van der Waals surface area contributed by atoms with E-state index in [9.17, 15) is 4.79 Å². The summed E-state index contributed by atoms with van der Waals surface area (Å²) < 4.78 is 10.6. The number of hydrogen-bond donors (Lipinski definition) is 0. The van der Waals surface area contributed by atoms with E-state index in [-0.39, 0.29) is 11.9 Å². The summed E-state index contributed by atoms with van der Waals surface area (Å²) >= 11 is 0. The predicted molar refractivity (Wildman–Crippen MR) is 68.3 cm³/mol. The zero-order valence-electron chi connectivity index (χ0n) is 11.6. The summed E-state index contributed by atoms with van der Waals surface area (Å²) in [5, 5.41) is 7.96. The highest BCUT2D eigenvalue weighted by Crippen LogP contribution is 2.19. The zero-order chi connectivity index (χ0) is 13.7. The Morgan fingerprint density at radius 1 is 1.42 bits per heavy atom. The minimum absolute atomic E-state index is 0.0257. The van der Waals surface area contributed by atoms with Crippen LogP contribution in [0.2, 0.25) is 0 Å². The van der Waals surface area contributed by atoms with Crippen LogP contribution in [-0.4, -0.2) is 40.8 Å². The molecule has 1 unspecified atom stereocenters. The van der Waals surface area contributed by atoms with Gasteiger partial charge in [-0.3, -0.25) is 9.69 Å². The Hall–Kier alpha value is -1.43. The van der Waals surface area contributed by atoms with E-state index in [1.807, 2.05) is 13.8 Å². The van der Waals surface area contributed by atoms with Gasteiger partial charge in [-0.2, -0.15) is 0 Å². The van der Waals surface area contributed by atoms with Crippen molar-refractivity contribution < 1.29 is 13.9 Å². The van der Waals surface area contributed by atoms with Gasteiger partial charge in [-0.05, 0) is 26.3 Å². The summed E-state index contributed by atoms with van der Waals surface area (Å²) in [6.07, 6.45) is 2.65. The van der Waals surface area contributed by atoms with E-state index in [1.54, 1.807) is 0 Å². The second-order valence-corrected chi connectivity index (χ2v) is 4.77. The molecule has 2 heterocycles. The van der Waals surface area contributed by atoms with E-state index in [0.29, 0.717) is 31.5 Å². The van der Waals surface area contributed by atoms with Crippen molar-refractivity contribution >= 4 is 5.97 Å². The Labute approximate surface area is 113 Å². The predicted octanol–water partition coefficient (Wildman–Crippen LogP) is 1.41. The molecule has 1 aromatic heterocycles. The molecule has 1 aliphatic rings. The van der Waals surface area contributed by atoms with Crippen molar-refractivity contribution in [2.75, 3.05) is 19.7 Å². The van der Waals surface area contributed by atoms with Crippen LogP contribution in [0.25, 0.3) is 0 Å². The summed E-state index contributed by atoms with van der Waals surface area (Å²) in [5.41, 5.74) is 0. The van der Waals surface area contributed by atoms with Gasteiger partial charge in [0.05, 0.1) is 19.1 Å². The van der Waals surface area contributed by atoms with Crippen LogP contribution in [0.1, 0.15) is 38.5 Å². The highest BCUT2D eigenvalue weighted by atomic mass is 16.5. The Kier molecular flexibility index (Phi) is 4.90. The molecule has 1 atom stereocenters. The second-order valence-electron chi connectivity index (χ2n) is 4.77. The number of aryl methyl sites for hydroxylation is 1. The minimum atomic E-state index is -0.0908. The number of rotatable bonds is 5. The van der Waals surface area contributed by atoms with Crippen molar-refractivity contribution in [3.8, 4) is 0 Å². The topological polar surface area (TPSA) is 68.5 Å². The Morgan fingerprint density at radius 3 is 2.89 bits per heavy atom. The number of piperidine rings is 1. The molecule has 1 aliphatic heterocycles. The molecule has 19 heavy (non-hydrogen) atoms. The lowest BCUT2D eigenvalue weighted by molar-refractivity contribution is -0.150. The minimum Gasteiger partial charge on any atom is -0.466 e. The summed E-state index contributed by atoms with van der Waals surface area (Å²) in [7, 11) is 0. The molecule has 0 bridgehead atoms. The van der Waals surface area contributed by atoms with Crippen molar-refractivity contribution in [2.45, 2.75) is 39.7 Å². The third kappa shape index (κ3) is 3.76. The number of likely N-dealkylation sites (tertiary alicyclic amines) is 1. The van der Waals surface area contributed by atoms with Crippen LogP contribution in [0.3, 0.4) is 0 Å². The van der Waals surface area contributed by atoms with E-state index in [0.717, 1.165) is 25.8 Å². The molecule has 0 N–H and O–H groups in total. The van der Waals surface area contributed by atoms with Crippen LogP contribution in [0, 0.1) is 5.92 Å². The van der Waals surface area contributed by atoms with Gasteiger partial charge >= 0.3 is 5.97 Å².